The number of phenols is 1. The molecule has 0 radical (unpaired) electrons. The molecule has 12 heavy (non-hydrogen) atoms. The maximum absolute atomic E-state index is 11.0. The predicted octanol–water partition coefficient (Wildman–Crippen LogP) is 1.49. The third kappa shape index (κ3) is 2.54. The highest BCUT2D eigenvalue weighted by Gasteiger charge is 1.95. The zero-order chi connectivity index (χ0) is 8.97. The highest BCUT2D eigenvalue weighted by molar-refractivity contribution is 7.86. The lowest BCUT2D eigenvalue weighted by molar-refractivity contribution is 0.475. The van der Waals surface area contributed by atoms with Gasteiger partial charge in [-0.1, -0.05) is 6.92 Å². The Morgan fingerprint density at radius 3 is 2.50 bits per heavy atom. The van der Waals surface area contributed by atoms with Crippen LogP contribution in [-0.4, -0.2) is 15.1 Å². The summed E-state index contributed by atoms with van der Waals surface area (Å²) in [5.41, 5.74) is 0.757. The molecular weight excluding hydrogens is 174 g/mol. The lowest BCUT2D eigenvalue weighted by atomic mass is 10.3. The second-order valence-corrected chi connectivity index (χ2v) is 3.76. The Kier molecular flexibility index (Phi) is 3.10. The van der Waals surface area contributed by atoms with E-state index < -0.39 is 11.0 Å². The molecule has 0 amide bonds. The number of aromatic hydroxyl groups is 1. The molecule has 0 aliphatic rings. The Morgan fingerprint density at radius 1 is 1.42 bits per heavy atom. The van der Waals surface area contributed by atoms with Gasteiger partial charge in [0.25, 0.3) is 0 Å². The summed E-state index contributed by atoms with van der Waals surface area (Å²) in [7, 11) is -1.02. The third-order valence-corrected chi connectivity index (χ3v) is 2.35. The van der Waals surface area contributed by atoms with Gasteiger partial charge in [-0.25, -0.2) is 4.21 Å². The van der Waals surface area contributed by atoms with Crippen LogP contribution in [0.15, 0.2) is 24.3 Å². The second kappa shape index (κ2) is 4.11. The van der Waals surface area contributed by atoms with Gasteiger partial charge in [-0.2, -0.15) is 0 Å². The number of hydrogen-bond acceptors (Lipinski definition) is 2. The van der Waals surface area contributed by atoms with Gasteiger partial charge in [-0.05, 0) is 24.3 Å². The van der Waals surface area contributed by atoms with E-state index in [0.717, 1.165) is 5.69 Å². The summed E-state index contributed by atoms with van der Waals surface area (Å²) in [6, 6.07) is 6.47. The molecule has 0 fully saturated rings. The zero-order valence-corrected chi connectivity index (χ0v) is 7.60. The third-order valence-electron chi connectivity index (χ3n) is 1.36. The molecule has 0 spiro atoms. The zero-order valence-electron chi connectivity index (χ0n) is 6.78. The van der Waals surface area contributed by atoms with Crippen molar-refractivity contribution in [1.82, 2.24) is 0 Å². The number of hydrogen-bond donors (Lipinski definition) is 2. The molecule has 3 nitrogen and oxygen atoms in total. The van der Waals surface area contributed by atoms with E-state index in [1.807, 2.05) is 6.92 Å². The molecule has 0 aliphatic heterocycles. The Morgan fingerprint density at radius 2 is 2.00 bits per heavy atom. The molecule has 4 heteroatoms. The number of benzene rings is 1. The molecule has 1 unspecified atom stereocenters. The average molecular weight is 185 g/mol. The molecular formula is C8H11NO2S. The van der Waals surface area contributed by atoms with Crippen LogP contribution in [0.5, 0.6) is 5.75 Å². The van der Waals surface area contributed by atoms with Gasteiger partial charge >= 0.3 is 0 Å². The SMILES string of the molecule is CCS(=O)Nc1ccc(O)cc1. The first-order valence-electron chi connectivity index (χ1n) is 3.66. The Bertz CT molecular complexity index is 271. The van der Waals surface area contributed by atoms with Gasteiger partial charge in [0.2, 0.25) is 0 Å². The fraction of sp³-hybridized carbons (Fsp3) is 0.250. The normalized spacial score (nSPS) is 12.4. The van der Waals surface area contributed by atoms with Gasteiger partial charge in [0.15, 0.2) is 0 Å². The maximum atomic E-state index is 11.0. The van der Waals surface area contributed by atoms with Gasteiger partial charge in [0, 0.05) is 11.4 Å². The minimum Gasteiger partial charge on any atom is -0.508 e. The number of rotatable bonds is 3. The van der Waals surface area contributed by atoms with Crippen molar-refractivity contribution in [3.63, 3.8) is 0 Å². The van der Waals surface area contributed by atoms with Crippen LogP contribution in [0.3, 0.4) is 0 Å². The van der Waals surface area contributed by atoms with Crippen LogP contribution in [-0.2, 0) is 11.0 Å². The summed E-state index contributed by atoms with van der Waals surface area (Å²) in [5.74, 6) is 0.781. The van der Waals surface area contributed by atoms with Crippen molar-refractivity contribution in [1.29, 1.82) is 0 Å². The fourth-order valence-corrected chi connectivity index (χ4v) is 1.28. The first-order chi connectivity index (χ1) is 5.72. The molecule has 66 valence electrons. The molecule has 1 rings (SSSR count). The highest BCUT2D eigenvalue weighted by Crippen LogP contribution is 2.13. The second-order valence-electron chi connectivity index (χ2n) is 2.28. The smallest absolute Gasteiger partial charge is 0.116 e. The lowest BCUT2D eigenvalue weighted by Gasteiger charge is -2.02. The number of nitrogens with one attached hydrogen (secondary N) is 1. The van der Waals surface area contributed by atoms with Gasteiger partial charge in [0.1, 0.15) is 16.7 Å². The number of anilines is 1. The first-order valence-corrected chi connectivity index (χ1v) is 4.98. The van der Waals surface area contributed by atoms with Gasteiger partial charge in [0.05, 0.1) is 0 Å². The van der Waals surface area contributed by atoms with E-state index in [2.05, 4.69) is 4.72 Å². The Hall–Kier alpha value is -1.03. The van der Waals surface area contributed by atoms with Crippen LogP contribution in [0.1, 0.15) is 6.92 Å². The summed E-state index contributed by atoms with van der Waals surface area (Å²) in [4.78, 5) is 0. The molecule has 1 aromatic rings. The monoisotopic (exact) mass is 185 g/mol. The Balaban J connectivity index is 2.64. The summed E-state index contributed by atoms with van der Waals surface area (Å²) in [6.45, 7) is 1.84. The fourth-order valence-electron chi connectivity index (χ4n) is 0.733. The summed E-state index contributed by atoms with van der Waals surface area (Å²) >= 11 is 0. The van der Waals surface area contributed by atoms with Gasteiger partial charge in [-0.15, -0.1) is 0 Å². The predicted molar refractivity (Wildman–Crippen MR) is 50.4 cm³/mol. The van der Waals surface area contributed by atoms with Crippen molar-refractivity contribution in [3.8, 4) is 5.75 Å². The average Bonchev–Trinajstić information content (AvgIpc) is 2.09. The van der Waals surface area contributed by atoms with E-state index in [1.165, 1.54) is 0 Å². The summed E-state index contributed by atoms with van der Waals surface area (Å²) in [5, 5.41) is 8.94. The summed E-state index contributed by atoms with van der Waals surface area (Å²) in [6.07, 6.45) is 0. The van der Waals surface area contributed by atoms with E-state index in [0.29, 0.717) is 5.75 Å². The molecule has 2 N–H and O–H groups in total. The van der Waals surface area contributed by atoms with Crippen molar-refractivity contribution in [2.75, 3.05) is 10.5 Å². The van der Waals surface area contributed by atoms with Crippen LogP contribution in [0.25, 0.3) is 0 Å². The van der Waals surface area contributed by atoms with E-state index >= 15 is 0 Å². The minimum absolute atomic E-state index is 0.211. The molecule has 1 atom stereocenters. The van der Waals surface area contributed by atoms with Gasteiger partial charge in [-0.3, -0.25) is 0 Å². The minimum atomic E-state index is -1.02. The van der Waals surface area contributed by atoms with Crippen molar-refractivity contribution in [3.05, 3.63) is 24.3 Å². The van der Waals surface area contributed by atoms with Crippen LogP contribution in [0.4, 0.5) is 5.69 Å². The summed E-state index contributed by atoms with van der Waals surface area (Å²) < 4.78 is 13.8. The van der Waals surface area contributed by atoms with Crippen molar-refractivity contribution < 1.29 is 9.32 Å². The van der Waals surface area contributed by atoms with Crippen LogP contribution < -0.4 is 4.72 Å². The quantitative estimate of drug-likeness (QED) is 0.701. The molecule has 0 bridgehead atoms. The lowest BCUT2D eigenvalue weighted by Crippen LogP contribution is -2.05. The molecule has 0 saturated heterocycles. The van der Waals surface area contributed by atoms with E-state index in [9.17, 15) is 4.21 Å². The van der Waals surface area contributed by atoms with Crippen LogP contribution >= 0.6 is 0 Å². The van der Waals surface area contributed by atoms with Crippen LogP contribution in [0, 0.1) is 0 Å². The molecule has 1 aromatic carbocycles. The first kappa shape index (κ1) is 9.06. The van der Waals surface area contributed by atoms with E-state index in [4.69, 9.17) is 5.11 Å². The topological polar surface area (TPSA) is 49.3 Å². The maximum Gasteiger partial charge on any atom is 0.116 e. The highest BCUT2D eigenvalue weighted by atomic mass is 32.2. The van der Waals surface area contributed by atoms with E-state index in [1.54, 1.807) is 24.3 Å². The molecule has 0 aliphatic carbocycles. The standard InChI is InChI=1S/C8H11NO2S/c1-2-12(11)9-7-3-5-8(10)6-4-7/h3-6,9-10H,2H2,1H3. The molecule has 0 heterocycles. The Labute approximate surface area is 74.0 Å². The molecule has 0 aromatic heterocycles. The largest absolute Gasteiger partial charge is 0.508 e. The van der Waals surface area contributed by atoms with E-state index in [-0.39, 0.29) is 5.75 Å². The van der Waals surface area contributed by atoms with Crippen molar-refractivity contribution in [2.45, 2.75) is 6.92 Å². The van der Waals surface area contributed by atoms with Crippen molar-refractivity contribution in [2.24, 2.45) is 0 Å². The van der Waals surface area contributed by atoms with Gasteiger partial charge < -0.3 is 9.83 Å². The number of phenolic OH excluding ortho intramolecular Hbond substituents is 1. The molecule has 0 saturated carbocycles. The van der Waals surface area contributed by atoms with Crippen LogP contribution in [0.2, 0.25) is 0 Å². The van der Waals surface area contributed by atoms with Crippen molar-refractivity contribution >= 4 is 16.7 Å².